The third-order valence-electron chi connectivity index (χ3n) is 6.88. The summed E-state index contributed by atoms with van der Waals surface area (Å²) in [6, 6.07) is 17.4. The van der Waals surface area contributed by atoms with Crippen molar-refractivity contribution in [3.05, 3.63) is 107 Å². The van der Waals surface area contributed by atoms with Gasteiger partial charge in [-0.15, -0.1) is 0 Å². The first-order valence-electron chi connectivity index (χ1n) is 12.7. The molecule has 11 heteroatoms. The standard InChI is InChI=1S/C29H23Br2N5O4/c30-22-10-11-25-23(14-22)29(37)35(28(34-25)19-6-2-1-3-7-19)33-16-18-12-24(31)27(26(13-18)36(38)39)40-17-21-9-5-4-8-20(21)15-32/h4-5,8-14,16,19H,1-3,6-7,17H2. The molecular formula is C29H23Br2N5O4. The lowest BCUT2D eigenvalue weighted by Gasteiger charge is -2.22. The van der Waals surface area contributed by atoms with E-state index in [4.69, 9.17) is 9.72 Å². The predicted molar refractivity (Wildman–Crippen MR) is 159 cm³/mol. The summed E-state index contributed by atoms with van der Waals surface area (Å²) in [6.07, 6.45) is 6.53. The number of aromatic nitrogens is 2. The van der Waals surface area contributed by atoms with Crippen LogP contribution in [-0.2, 0) is 6.61 Å². The zero-order valence-electron chi connectivity index (χ0n) is 21.2. The van der Waals surface area contributed by atoms with E-state index >= 15 is 0 Å². The second kappa shape index (κ2) is 12.1. The molecule has 0 saturated heterocycles. The van der Waals surface area contributed by atoms with Crippen molar-refractivity contribution in [1.29, 1.82) is 5.26 Å². The monoisotopic (exact) mass is 663 g/mol. The normalized spacial score (nSPS) is 13.9. The van der Waals surface area contributed by atoms with Crippen molar-refractivity contribution in [1.82, 2.24) is 9.66 Å². The Hall–Kier alpha value is -3.88. The highest BCUT2D eigenvalue weighted by Gasteiger charge is 2.24. The second-order valence-corrected chi connectivity index (χ2v) is 11.3. The van der Waals surface area contributed by atoms with E-state index in [2.05, 4.69) is 43.0 Å². The highest BCUT2D eigenvalue weighted by atomic mass is 79.9. The molecule has 0 amide bonds. The number of nitro groups is 1. The van der Waals surface area contributed by atoms with E-state index in [1.165, 1.54) is 17.0 Å². The van der Waals surface area contributed by atoms with E-state index in [-0.39, 0.29) is 29.5 Å². The van der Waals surface area contributed by atoms with Gasteiger partial charge in [-0.2, -0.15) is 15.0 Å². The van der Waals surface area contributed by atoms with Crippen molar-refractivity contribution in [2.75, 3.05) is 0 Å². The Morgan fingerprint density at radius 2 is 1.93 bits per heavy atom. The number of nitro benzene ring substituents is 1. The van der Waals surface area contributed by atoms with E-state index in [1.54, 1.807) is 36.4 Å². The van der Waals surface area contributed by atoms with Crippen molar-refractivity contribution >= 4 is 54.7 Å². The van der Waals surface area contributed by atoms with Crippen LogP contribution in [0.4, 0.5) is 5.69 Å². The Labute approximate surface area is 246 Å². The molecule has 40 heavy (non-hydrogen) atoms. The average molecular weight is 665 g/mol. The van der Waals surface area contributed by atoms with E-state index in [0.717, 1.165) is 36.6 Å². The third-order valence-corrected chi connectivity index (χ3v) is 7.96. The molecule has 0 bridgehead atoms. The van der Waals surface area contributed by atoms with Gasteiger partial charge in [0.15, 0.2) is 0 Å². The zero-order valence-corrected chi connectivity index (χ0v) is 24.4. The summed E-state index contributed by atoms with van der Waals surface area (Å²) in [5, 5.41) is 26.2. The number of nitrogens with zero attached hydrogens (tertiary/aromatic N) is 5. The van der Waals surface area contributed by atoms with Gasteiger partial charge in [0.25, 0.3) is 5.56 Å². The van der Waals surface area contributed by atoms with Crippen LogP contribution in [0.25, 0.3) is 10.9 Å². The number of halogens is 2. The molecule has 0 atom stereocenters. The molecule has 202 valence electrons. The summed E-state index contributed by atoms with van der Waals surface area (Å²) in [7, 11) is 0. The second-order valence-electron chi connectivity index (χ2n) is 9.49. The van der Waals surface area contributed by atoms with E-state index in [9.17, 15) is 20.2 Å². The third kappa shape index (κ3) is 5.83. The van der Waals surface area contributed by atoms with Gasteiger partial charge in [0, 0.05) is 27.6 Å². The molecule has 1 aliphatic carbocycles. The van der Waals surface area contributed by atoms with Gasteiger partial charge in [0.2, 0.25) is 5.75 Å². The number of fused-ring (bicyclic) bond motifs is 1. The van der Waals surface area contributed by atoms with Gasteiger partial charge < -0.3 is 4.74 Å². The lowest BCUT2D eigenvalue weighted by atomic mass is 9.88. The number of benzene rings is 3. The minimum atomic E-state index is -0.539. The maximum absolute atomic E-state index is 13.6. The van der Waals surface area contributed by atoms with Gasteiger partial charge in [-0.05, 0) is 59.1 Å². The summed E-state index contributed by atoms with van der Waals surface area (Å²) >= 11 is 6.81. The molecule has 1 aliphatic rings. The quantitative estimate of drug-likeness (QED) is 0.117. The fourth-order valence-corrected chi connectivity index (χ4v) is 5.83. The van der Waals surface area contributed by atoms with Crippen LogP contribution < -0.4 is 10.3 Å². The van der Waals surface area contributed by atoms with Gasteiger partial charge in [0.05, 0.1) is 38.1 Å². The molecule has 9 nitrogen and oxygen atoms in total. The molecule has 0 spiro atoms. The summed E-state index contributed by atoms with van der Waals surface area (Å²) in [6.45, 7) is -0.0188. The highest BCUT2D eigenvalue weighted by molar-refractivity contribution is 9.10. The van der Waals surface area contributed by atoms with Crippen LogP contribution in [0.3, 0.4) is 0 Å². The number of hydrogen-bond acceptors (Lipinski definition) is 7. The van der Waals surface area contributed by atoms with Gasteiger partial charge in [-0.3, -0.25) is 14.9 Å². The first kappa shape index (κ1) is 27.7. The van der Waals surface area contributed by atoms with Crippen LogP contribution in [0.5, 0.6) is 5.75 Å². The Kier molecular flexibility index (Phi) is 8.38. The molecule has 3 aromatic carbocycles. The van der Waals surface area contributed by atoms with Crippen molar-refractivity contribution in [3.63, 3.8) is 0 Å². The molecule has 0 aliphatic heterocycles. The molecule has 5 rings (SSSR count). The van der Waals surface area contributed by atoms with Crippen molar-refractivity contribution in [3.8, 4) is 11.8 Å². The fraction of sp³-hybridized carbons (Fsp3) is 0.241. The molecule has 0 radical (unpaired) electrons. The van der Waals surface area contributed by atoms with Gasteiger partial charge in [0.1, 0.15) is 12.4 Å². The van der Waals surface area contributed by atoms with Crippen molar-refractivity contribution < 1.29 is 9.66 Å². The van der Waals surface area contributed by atoms with Crippen LogP contribution in [0.2, 0.25) is 0 Å². The molecular weight excluding hydrogens is 642 g/mol. The fourth-order valence-electron chi connectivity index (χ4n) is 4.88. The number of nitriles is 1. The van der Waals surface area contributed by atoms with E-state index < -0.39 is 4.92 Å². The molecule has 0 N–H and O–H groups in total. The predicted octanol–water partition coefficient (Wildman–Crippen LogP) is 7.21. The topological polar surface area (TPSA) is 123 Å². The molecule has 1 saturated carbocycles. The van der Waals surface area contributed by atoms with Gasteiger partial charge in [-0.25, -0.2) is 4.98 Å². The van der Waals surface area contributed by atoms with Crippen LogP contribution in [0.15, 0.2) is 73.4 Å². The Morgan fingerprint density at radius 1 is 1.15 bits per heavy atom. The number of rotatable bonds is 7. The number of hydrogen-bond donors (Lipinski definition) is 0. The van der Waals surface area contributed by atoms with Gasteiger partial charge >= 0.3 is 5.69 Å². The first-order valence-corrected chi connectivity index (χ1v) is 14.3. The summed E-state index contributed by atoms with van der Waals surface area (Å²) < 4.78 is 8.23. The SMILES string of the molecule is N#Cc1ccccc1COc1c(Br)cc(C=Nn2c(C3CCCCC3)nc3ccc(Br)cc3c2=O)cc1[N+](=O)[O-]. The Balaban J connectivity index is 1.53. The maximum Gasteiger partial charge on any atom is 0.312 e. The largest absolute Gasteiger partial charge is 0.481 e. The highest BCUT2D eigenvalue weighted by Crippen LogP contribution is 2.37. The van der Waals surface area contributed by atoms with Crippen LogP contribution in [-0.4, -0.2) is 20.8 Å². The maximum atomic E-state index is 13.6. The molecule has 1 aromatic heterocycles. The van der Waals surface area contributed by atoms with E-state index in [0.29, 0.717) is 37.9 Å². The van der Waals surface area contributed by atoms with Crippen molar-refractivity contribution in [2.45, 2.75) is 44.6 Å². The lowest BCUT2D eigenvalue weighted by Crippen LogP contribution is -2.25. The van der Waals surface area contributed by atoms with Gasteiger partial charge in [-0.1, -0.05) is 53.4 Å². The summed E-state index contributed by atoms with van der Waals surface area (Å²) in [4.78, 5) is 29.8. The zero-order chi connectivity index (χ0) is 28.2. The van der Waals surface area contributed by atoms with Crippen LogP contribution in [0.1, 0.15) is 60.5 Å². The van der Waals surface area contributed by atoms with E-state index in [1.807, 2.05) is 12.1 Å². The van der Waals surface area contributed by atoms with Crippen molar-refractivity contribution in [2.24, 2.45) is 5.10 Å². The molecule has 1 heterocycles. The lowest BCUT2D eigenvalue weighted by molar-refractivity contribution is -0.386. The average Bonchev–Trinajstić information content (AvgIpc) is 2.96. The van der Waals surface area contributed by atoms with Crippen LogP contribution in [0, 0.1) is 21.4 Å². The summed E-state index contributed by atoms with van der Waals surface area (Å²) in [5.74, 6) is 0.729. The molecule has 0 unspecified atom stereocenters. The smallest absolute Gasteiger partial charge is 0.312 e. The van der Waals surface area contributed by atoms with Crippen LogP contribution >= 0.6 is 31.9 Å². The Morgan fingerprint density at radius 3 is 2.67 bits per heavy atom. The molecule has 4 aromatic rings. The minimum absolute atomic E-state index is 0.0188. The first-order chi connectivity index (χ1) is 19.4. The number of ether oxygens (including phenoxy) is 1. The Bertz CT molecular complexity index is 1740. The summed E-state index contributed by atoms with van der Waals surface area (Å²) in [5.41, 5.74) is 1.48. The molecule has 1 fully saturated rings. The minimum Gasteiger partial charge on any atom is -0.481 e.